The van der Waals surface area contributed by atoms with Crippen molar-refractivity contribution >= 4 is 28.0 Å². The Labute approximate surface area is 162 Å². The van der Waals surface area contributed by atoms with Gasteiger partial charge in [0.25, 0.3) is 5.91 Å². The Morgan fingerprint density at radius 3 is 2.72 bits per heavy atom. The monoisotopic (exact) mass is 386 g/mol. The molecule has 3 heterocycles. The predicted octanol–water partition coefficient (Wildman–Crippen LogP) is 2.06. The number of fused-ring (bicyclic) bond motifs is 2. The van der Waals surface area contributed by atoms with E-state index < -0.39 is 11.6 Å². The minimum absolute atomic E-state index is 0.0235. The zero-order valence-corrected chi connectivity index (χ0v) is 14.9. The first-order valence-electron chi connectivity index (χ1n) is 8.71. The standard InChI is InChI=1S/C20H14N6O3/c21-17(28)15-16-19(25-18(23-15)10-3-1-4-11(27)9-10)26(20(29)24-16)14-6-2-5-13-12(14)7-8-22-13/h1-9,22,27H,(H2,21,28)(H,24,29). The lowest BCUT2D eigenvalue weighted by Crippen LogP contribution is -2.15. The number of phenolic OH excluding ortho intramolecular Hbond substituents is 1. The van der Waals surface area contributed by atoms with Crippen LogP contribution in [-0.2, 0) is 0 Å². The summed E-state index contributed by atoms with van der Waals surface area (Å²) in [6, 6.07) is 13.6. The first kappa shape index (κ1) is 16.8. The van der Waals surface area contributed by atoms with E-state index >= 15 is 0 Å². The van der Waals surface area contributed by atoms with E-state index in [9.17, 15) is 14.7 Å². The van der Waals surface area contributed by atoms with E-state index in [2.05, 4.69) is 19.9 Å². The Kier molecular flexibility index (Phi) is 3.50. The number of primary amides is 1. The second-order valence-electron chi connectivity index (χ2n) is 6.49. The van der Waals surface area contributed by atoms with Crippen molar-refractivity contribution in [1.29, 1.82) is 0 Å². The molecule has 29 heavy (non-hydrogen) atoms. The minimum atomic E-state index is -0.799. The Hall–Kier alpha value is -4.40. The summed E-state index contributed by atoms with van der Waals surface area (Å²) in [4.78, 5) is 39.3. The highest BCUT2D eigenvalue weighted by molar-refractivity contribution is 6.02. The van der Waals surface area contributed by atoms with E-state index in [1.165, 1.54) is 16.7 Å². The molecule has 1 amide bonds. The minimum Gasteiger partial charge on any atom is -0.508 e. The lowest BCUT2D eigenvalue weighted by molar-refractivity contribution is 0.0997. The number of nitrogens with two attached hydrogens (primary N) is 1. The number of aromatic nitrogens is 5. The van der Waals surface area contributed by atoms with Crippen molar-refractivity contribution < 1.29 is 9.90 Å². The molecule has 3 aromatic heterocycles. The average molecular weight is 386 g/mol. The number of carbonyl (C=O) groups excluding carboxylic acids is 1. The molecule has 0 saturated carbocycles. The second kappa shape index (κ2) is 6.06. The SMILES string of the molecule is NC(=O)c1nc(-c2cccc(O)c2)nc2c1[nH]c(=O)n2-c1cccc2[nH]ccc12. The second-order valence-corrected chi connectivity index (χ2v) is 6.49. The number of benzene rings is 2. The highest BCUT2D eigenvalue weighted by atomic mass is 16.3. The average Bonchev–Trinajstić information content (AvgIpc) is 3.30. The number of amides is 1. The third-order valence-corrected chi connectivity index (χ3v) is 4.69. The molecule has 5 aromatic rings. The van der Waals surface area contributed by atoms with Gasteiger partial charge in [0.15, 0.2) is 17.2 Å². The molecule has 0 unspecified atom stereocenters. The van der Waals surface area contributed by atoms with E-state index in [1.54, 1.807) is 24.4 Å². The molecule has 0 atom stereocenters. The number of hydrogen-bond donors (Lipinski definition) is 4. The topological polar surface area (TPSA) is 143 Å². The van der Waals surface area contributed by atoms with Gasteiger partial charge in [-0.25, -0.2) is 19.3 Å². The van der Waals surface area contributed by atoms with Gasteiger partial charge in [-0.2, -0.15) is 0 Å². The number of phenols is 1. The number of H-pyrrole nitrogens is 2. The third kappa shape index (κ3) is 2.56. The quantitative estimate of drug-likeness (QED) is 0.375. The van der Waals surface area contributed by atoms with Crippen LogP contribution in [-0.4, -0.2) is 35.5 Å². The van der Waals surface area contributed by atoms with E-state index in [4.69, 9.17) is 5.73 Å². The van der Waals surface area contributed by atoms with Crippen LogP contribution in [0.3, 0.4) is 0 Å². The van der Waals surface area contributed by atoms with Crippen LogP contribution in [0.4, 0.5) is 0 Å². The number of rotatable bonds is 3. The summed E-state index contributed by atoms with van der Waals surface area (Å²) < 4.78 is 1.38. The zero-order valence-electron chi connectivity index (χ0n) is 14.9. The van der Waals surface area contributed by atoms with Gasteiger partial charge in [0, 0.05) is 22.7 Å². The Bertz CT molecular complexity index is 1480. The van der Waals surface area contributed by atoms with Gasteiger partial charge in [0.05, 0.1) is 5.69 Å². The summed E-state index contributed by atoms with van der Waals surface area (Å²) in [5.74, 6) is -0.612. The highest BCUT2D eigenvalue weighted by Crippen LogP contribution is 2.26. The lowest BCUT2D eigenvalue weighted by Gasteiger charge is -2.08. The van der Waals surface area contributed by atoms with Gasteiger partial charge in [-0.15, -0.1) is 0 Å². The molecule has 2 aromatic carbocycles. The Balaban J connectivity index is 1.89. The summed E-state index contributed by atoms with van der Waals surface area (Å²) in [6.07, 6.45) is 1.77. The van der Waals surface area contributed by atoms with Gasteiger partial charge in [-0.05, 0) is 30.3 Å². The van der Waals surface area contributed by atoms with Crippen LogP contribution in [0.15, 0.2) is 59.5 Å². The maximum absolute atomic E-state index is 12.8. The van der Waals surface area contributed by atoms with Crippen LogP contribution in [0.25, 0.3) is 39.1 Å². The molecule has 0 aliphatic rings. The lowest BCUT2D eigenvalue weighted by atomic mass is 10.2. The van der Waals surface area contributed by atoms with Crippen LogP contribution in [0.5, 0.6) is 5.75 Å². The van der Waals surface area contributed by atoms with E-state index in [0.29, 0.717) is 11.3 Å². The van der Waals surface area contributed by atoms with Crippen molar-refractivity contribution in [2.24, 2.45) is 5.73 Å². The molecule has 0 fully saturated rings. The number of imidazole rings is 1. The first-order valence-corrected chi connectivity index (χ1v) is 8.71. The fraction of sp³-hybridized carbons (Fsp3) is 0. The van der Waals surface area contributed by atoms with Crippen LogP contribution < -0.4 is 11.4 Å². The zero-order chi connectivity index (χ0) is 20.1. The van der Waals surface area contributed by atoms with Crippen molar-refractivity contribution in [3.8, 4) is 22.8 Å². The molecule has 0 aliphatic carbocycles. The van der Waals surface area contributed by atoms with Crippen molar-refractivity contribution in [2.45, 2.75) is 0 Å². The molecule has 0 spiro atoms. The van der Waals surface area contributed by atoms with Gasteiger partial charge in [0.2, 0.25) is 0 Å². The summed E-state index contributed by atoms with van der Waals surface area (Å²) in [5.41, 5.74) is 7.22. The van der Waals surface area contributed by atoms with Gasteiger partial charge in [-0.1, -0.05) is 18.2 Å². The number of aromatic hydroxyl groups is 1. The molecule has 5 rings (SSSR count). The van der Waals surface area contributed by atoms with Crippen molar-refractivity contribution in [3.63, 3.8) is 0 Å². The van der Waals surface area contributed by atoms with Crippen LogP contribution >= 0.6 is 0 Å². The molecule has 0 radical (unpaired) electrons. The summed E-state index contributed by atoms with van der Waals surface area (Å²) >= 11 is 0. The van der Waals surface area contributed by atoms with Crippen LogP contribution in [0.1, 0.15) is 10.5 Å². The predicted molar refractivity (Wildman–Crippen MR) is 107 cm³/mol. The summed E-state index contributed by atoms with van der Waals surface area (Å²) in [6.45, 7) is 0. The molecule has 0 bridgehead atoms. The summed E-state index contributed by atoms with van der Waals surface area (Å²) in [7, 11) is 0. The molecular weight excluding hydrogens is 372 g/mol. The van der Waals surface area contributed by atoms with Crippen molar-refractivity contribution in [2.75, 3.05) is 0 Å². The molecular formula is C20H14N6O3. The normalized spacial score (nSPS) is 11.3. The number of aromatic amines is 2. The van der Waals surface area contributed by atoms with Gasteiger partial charge < -0.3 is 20.8 Å². The number of nitrogens with one attached hydrogen (secondary N) is 2. The molecule has 142 valence electrons. The smallest absolute Gasteiger partial charge is 0.332 e. The molecule has 9 nitrogen and oxygen atoms in total. The molecule has 0 aliphatic heterocycles. The molecule has 0 saturated heterocycles. The van der Waals surface area contributed by atoms with E-state index in [0.717, 1.165) is 10.9 Å². The van der Waals surface area contributed by atoms with Gasteiger partial charge in [-0.3, -0.25) is 4.79 Å². The maximum Gasteiger partial charge on any atom is 0.332 e. The van der Waals surface area contributed by atoms with Gasteiger partial charge >= 0.3 is 5.69 Å². The number of carbonyl (C=O) groups is 1. The van der Waals surface area contributed by atoms with Crippen molar-refractivity contribution in [3.05, 3.63) is 70.9 Å². The number of hydrogen-bond acceptors (Lipinski definition) is 5. The molecule has 5 N–H and O–H groups in total. The maximum atomic E-state index is 12.8. The van der Waals surface area contributed by atoms with Crippen LogP contribution in [0, 0.1) is 0 Å². The third-order valence-electron chi connectivity index (χ3n) is 4.69. The fourth-order valence-electron chi connectivity index (χ4n) is 3.42. The fourth-order valence-corrected chi connectivity index (χ4v) is 3.42. The van der Waals surface area contributed by atoms with E-state index in [-0.39, 0.29) is 28.4 Å². The highest BCUT2D eigenvalue weighted by Gasteiger charge is 2.21. The summed E-state index contributed by atoms with van der Waals surface area (Å²) in [5, 5.41) is 10.6. The van der Waals surface area contributed by atoms with Gasteiger partial charge in [0.1, 0.15) is 11.3 Å². The first-order chi connectivity index (χ1) is 14.0. The number of nitrogens with zero attached hydrogens (tertiary/aromatic N) is 3. The Morgan fingerprint density at radius 2 is 1.93 bits per heavy atom. The van der Waals surface area contributed by atoms with Crippen LogP contribution in [0.2, 0.25) is 0 Å². The Morgan fingerprint density at radius 1 is 1.10 bits per heavy atom. The largest absolute Gasteiger partial charge is 0.508 e. The van der Waals surface area contributed by atoms with Crippen molar-refractivity contribution in [1.82, 2.24) is 24.5 Å². The molecule has 9 heteroatoms. The van der Waals surface area contributed by atoms with E-state index in [1.807, 2.05) is 18.2 Å².